The Bertz CT molecular complexity index is 1300. The van der Waals surface area contributed by atoms with Gasteiger partial charge in [-0.25, -0.2) is 0 Å². The highest BCUT2D eigenvalue weighted by molar-refractivity contribution is 6.31. The summed E-state index contributed by atoms with van der Waals surface area (Å²) in [4.78, 5) is 29.7. The first kappa shape index (κ1) is 23.5. The van der Waals surface area contributed by atoms with Gasteiger partial charge in [0.25, 0.3) is 5.56 Å². The van der Waals surface area contributed by atoms with Crippen LogP contribution in [0.3, 0.4) is 0 Å². The molecule has 0 spiro atoms. The summed E-state index contributed by atoms with van der Waals surface area (Å²) in [6.07, 6.45) is 9.74. The second-order valence-corrected chi connectivity index (χ2v) is 8.70. The first-order chi connectivity index (χ1) is 16.5. The van der Waals surface area contributed by atoms with E-state index in [1.54, 1.807) is 6.20 Å². The lowest BCUT2D eigenvalue weighted by atomic mass is 10.1. The summed E-state index contributed by atoms with van der Waals surface area (Å²) in [6, 6.07) is 15.4. The highest BCUT2D eigenvalue weighted by Crippen LogP contribution is 2.25. The molecule has 34 heavy (non-hydrogen) atoms. The van der Waals surface area contributed by atoms with Crippen LogP contribution in [0.4, 0.5) is 11.6 Å². The predicted molar refractivity (Wildman–Crippen MR) is 137 cm³/mol. The first-order valence-corrected chi connectivity index (χ1v) is 11.6. The fourth-order valence-corrected chi connectivity index (χ4v) is 3.94. The zero-order valence-corrected chi connectivity index (χ0v) is 19.8. The van der Waals surface area contributed by atoms with Gasteiger partial charge in [0.1, 0.15) is 0 Å². The number of allylic oxidation sites excluding steroid dienone is 3. The Labute approximate surface area is 204 Å². The number of carbonyl (C=O) groups excluding carboxylic acids is 1. The summed E-state index contributed by atoms with van der Waals surface area (Å²) < 4.78 is 1.86. The van der Waals surface area contributed by atoms with Gasteiger partial charge in [-0.2, -0.15) is 4.98 Å². The quantitative estimate of drug-likeness (QED) is 0.485. The summed E-state index contributed by atoms with van der Waals surface area (Å²) >= 11 is 6.27. The number of hydrogen-bond acceptors (Lipinski definition) is 4. The van der Waals surface area contributed by atoms with Crippen LogP contribution in [0.2, 0.25) is 5.02 Å². The smallest absolute Gasteiger partial charge is 0.278 e. The molecule has 1 aliphatic rings. The molecule has 0 atom stereocenters. The van der Waals surface area contributed by atoms with Gasteiger partial charge in [0.05, 0.1) is 13.0 Å². The highest BCUT2D eigenvalue weighted by Gasteiger charge is 2.14. The molecule has 7 heteroatoms. The second kappa shape index (κ2) is 11.0. The van der Waals surface area contributed by atoms with E-state index in [1.165, 1.54) is 5.57 Å². The zero-order valence-electron chi connectivity index (χ0n) is 19.1. The molecule has 4 rings (SSSR count). The van der Waals surface area contributed by atoms with E-state index in [9.17, 15) is 9.59 Å². The minimum atomic E-state index is -0.429. The number of rotatable bonds is 8. The summed E-state index contributed by atoms with van der Waals surface area (Å²) in [5, 5.41) is 6.79. The number of anilines is 2. The fourth-order valence-electron chi connectivity index (χ4n) is 3.77. The third-order valence-corrected chi connectivity index (χ3v) is 6.15. The van der Waals surface area contributed by atoms with E-state index in [-0.39, 0.29) is 12.3 Å². The molecule has 0 saturated heterocycles. The van der Waals surface area contributed by atoms with Crippen LogP contribution < -0.4 is 16.2 Å². The molecular formula is C27H27ClN4O2. The largest absolute Gasteiger partial charge is 0.352 e. The third-order valence-electron chi connectivity index (χ3n) is 5.74. The van der Waals surface area contributed by atoms with Crippen molar-refractivity contribution >= 4 is 29.1 Å². The number of hydrogen-bond donors (Lipinski definition) is 2. The number of halogens is 1. The van der Waals surface area contributed by atoms with Gasteiger partial charge in [0.2, 0.25) is 11.9 Å². The maximum absolute atomic E-state index is 12.8. The highest BCUT2D eigenvalue weighted by atomic mass is 35.5. The van der Waals surface area contributed by atoms with E-state index >= 15 is 0 Å². The predicted octanol–water partition coefficient (Wildman–Crippen LogP) is 4.93. The molecule has 0 saturated carbocycles. The zero-order chi connectivity index (χ0) is 23.9. The normalized spacial score (nSPS) is 12.8. The van der Waals surface area contributed by atoms with E-state index in [0.717, 1.165) is 29.7 Å². The van der Waals surface area contributed by atoms with Gasteiger partial charge < -0.3 is 15.2 Å². The van der Waals surface area contributed by atoms with Crippen LogP contribution in [-0.2, 0) is 17.8 Å². The van der Waals surface area contributed by atoms with Crippen LogP contribution in [0, 0.1) is 6.92 Å². The SMILES string of the molecule is Cc1c(Cl)cccc1Nc1nc(=O)c(CC(=O)NCC2=CC=CCC2)cn1Cc1ccccc1. The van der Waals surface area contributed by atoms with Crippen molar-refractivity contribution in [2.24, 2.45) is 0 Å². The molecule has 1 heterocycles. The molecule has 1 amide bonds. The summed E-state index contributed by atoms with van der Waals surface area (Å²) in [5.41, 5.74) is 3.76. The van der Waals surface area contributed by atoms with Crippen LogP contribution in [0.15, 0.2) is 83.3 Å². The number of carbonyl (C=O) groups is 1. The van der Waals surface area contributed by atoms with Crippen LogP contribution in [0.25, 0.3) is 0 Å². The van der Waals surface area contributed by atoms with Gasteiger partial charge in [0.15, 0.2) is 0 Å². The fraction of sp³-hybridized carbons (Fsp3) is 0.222. The Morgan fingerprint density at radius 2 is 1.97 bits per heavy atom. The topological polar surface area (TPSA) is 76.0 Å². The van der Waals surface area contributed by atoms with Crippen molar-refractivity contribution in [3.8, 4) is 0 Å². The number of nitrogens with zero attached hydrogens (tertiary/aromatic N) is 2. The van der Waals surface area contributed by atoms with E-state index in [0.29, 0.717) is 29.6 Å². The molecule has 3 aromatic rings. The minimum absolute atomic E-state index is 0.0276. The molecule has 1 aliphatic carbocycles. The molecule has 0 bridgehead atoms. The Hall–Kier alpha value is -3.64. The van der Waals surface area contributed by atoms with Gasteiger partial charge in [0, 0.05) is 29.0 Å². The Morgan fingerprint density at radius 3 is 2.74 bits per heavy atom. The lowest BCUT2D eigenvalue weighted by Crippen LogP contribution is -2.30. The molecule has 2 N–H and O–H groups in total. The molecule has 0 aliphatic heterocycles. The Morgan fingerprint density at radius 1 is 1.15 bits per heavy atom. The van der Waals surface area contributed by atoms with Crippen LogP contribution >= 0.6 is 11.6 Å². The van der Waals surface area contributed by atoms with Crippen LogP contribution in [0.5, 0.6) is 0 Å². The van der Waals surface area contributed by atoms with Crippen molar-refractivity contribution in [2.75, 3.05) is 11.9 Å². The third kappa shape index (κ3) is 6.02. The molecule has 1 aromatic heterocycles. The van der Waals surface area contributed by atoms with E-state index in [2.05, 4.69) is 21.7 Å². The summed E-state index contributed by atoms with van der Waals surface area (Å²) in [5.74, 6) is 0.189. The van der Waals surface area contributed by atoms with Crippen molar-refractivity contribution in [3.05, 3.63) is 111 Å². The molecule has 0 unspecified atom stereocenters. The monoisotopic (exact) mass is 474 g/mol. The van der Waals surface area contributed by atoms with Crippen molar-refractivity contribution in [1.29, 1.82) is 0 Å². The molecule has 174 valence electrons. The lowest BCUT2D eigenvalue weighted by molar-refractivity contribution is -0.120. The standard InChI is InChI=1S/C27H27ClN4O2/c1-19-23(28)13-8-14-24(19)30-27-31-26(34)22(18-32(27)17-21-11-6-3-7-12-21)15-25(33)29-16-20-9-4-2-5-10-20/h2-4,6-9,11-14,18H,5,10,15-17H2,1H3,(H,29,33)(H,30,31,34). The van der Waals surface area contributed by atoms with Crippen molar-refractivity contribution in [1.82, 2.24) is 14.9 Å². The van der Waals surface area contributed by atoms with Crippen molar-refractivity contribution in [3.63, 3.8) is 0 Å². The van der Waals surface area contributed by atoms with Gasteiger partial charge in [-0.15, -0.1) is 0 Å². The summed E-state index contributed by atoms with van der Waals surface area (Å²) in [7, 11) is 0. The average molecular weight is 475 g/mol. The van der Waals surface area contributed by atoms with E-state index < -0.39 is 5.56 Å². The van der Waals surface area contributed by atoms with Gasteiger partial charge in [-0.05, 0) is 43.0 Å². The maximum atomic E-state index is 12.8. The molecule has 6 nitrogen and oxygen atoms in total. The van der Waals surface area contributed by atoms with Crippen molar-refractivity contribution in [2.45, 2.75) is 32.7 Å². The number of aromatic nitrogens is 2. The van der Waals surface area contributed by atoms with Crippen LogP contribution in [-0.4, -0.2) is 22.0 Å². The lowest BCUT2D eigenvalue weighted by Gasteiger charge is -2.17. The van der Waals surface area contributed by atoms with Gasteiger partial charge in [-0.3, -0.25) is 9.59 Å². The summed E-state index contributed by atoms with van der Waals surface area (Å²) in [6.45, 7) is 2.88. The van der Waals surface area contributed by atoms with Crippen LogP contribution in [0.1, 0.15) is 29.5 Å². The Kier molecular flexibility index (Phi) is 7.60. The van der Waals surface area contributed by atoms with Gasteiger partial charge in [-0.1, -0.05) is 71.8 Å². The number of nitrogens with one attached hydrogen (secondary N) is 2. The average Bonchev–Trinajstić information content (AvgIpc) is 2.85. The Balaban J connectivity index is 1.59. The first-order valence-electron chi connectivity index (χ1n) is 11.3. The maximum Gasteiger partial charge on any atom is 0.278 e. The van der Waals surface area contributed by atoms with E-state index in [4.69, 9.17) is 11.6 Å². The molecule has 0 radical (unpaired) electrons. The van der Waals surface area contributed by atoms with E-state index in [1.807, 2.05) is 72.2 Å². The molecule has 2 aromatic carbocycles. The van der Waals surface area contributed by atoms with Crippen molar-refractivity contribution < 1.29 is 4.79 Å². The molecule has 0 fully saturated rings. The second-order valence-electron chi connectivity index (χ2n) is 8.29. The number of amides is 1. The minimum Gasteiger partial charge on any atom is -0.352 e. The number of benzene rings is 2. The molecular weight excluding hydrogens is 448 g/mol. The van der Waals surface area contributed by atoms with Gasteiger partial charge >= 0.3 is 0 Å².